The molecule has 152 valence electrons. The molecule has 2 aliphatic heterocycles. The number of hydrogen-bond donors (Lipinski definition) is 2. The van der Waals surface area contributed by atoms with Gasteiger partial charge in [0.05, 0.1) is 23.2 Å². The van der Waals surface area contributed by atoms with Crippen molar-refractivity contribution in [1.29, 1.82) is 0 Å². The first-order chi connectivity index (χ1) is 13.9. The minimum atomic E-state index is -1.02. The van der Waals surface area contributed by atoms with Gasteiger partial charge in [0.15, 0.2) is 5.69 Å². The second kappa shape index (κ2) is 8.31. The number of rotatable bonds is 5. The maximum Gasteiger partial charge on any atom is 0.306 e. The molecule has 0 radical (unpaired) electrons. The molecular formula is C20H21IN4O4. The van der Waals surface area contributed by atoms with E-state index >= 15 is 0 Å². The molecule has 2 bridgehead atoms. The number of carbonyl (C=O) groups excluding carboxylic acids is 1. The summed E-state index contributed by atoms with van der Waals surface area (Å²) >= 11 is 1.52. The van der Waals surface area contributed by atoms with Crippen LogP contribution >= 0.6 is 22.6 Å². The Morgan fingerprint density at radius 2 is 1.90 bits per heavy atom. The third kappa shape index (κ3) is 4.25. The lowest BCUT2D eigenvalue weighted by atomic mass is 9.98. The summed E-state index contributed by atoms with van der Waals surface area (Å²) in [5, 5.41) is 12.6. The van der Waals surface area contributed by atoms with Gasteiger partial charge in [0, 0.05) is 47.1 Å². The largest absolute Gasteiger partial charge is 0.481 e. The normalized spacial score (nSPS) is 24.0. The number of carbonyl (C=O) groups is 2. The molecule has 2 atom stereocenters. The Morgan fingerprint density at radius 1 is 1.21 bits per heavy atom. The first-order valence-electron chi connectivity index (χ1n) is 9.69. The van der Waals surface area contributed by atoms with E-state index in [1.807, 2.05) is 24.3 Å². The molecule has 3 heterocycles. The predicted molar refractivity (Wildman–Crippen MR) is 117 cm³/mol. The van der Waals surface area contributed by atoms with Crippen LogP contribution in [0.1, 0.15) is 50.3 Å². The van der Waals surface area contributed by atoms with Crippen LogP contribution in [0.5, 0.6) is 0 Å². The lowest BCUT2D eigenvalue weighted by Gasteiger charge is -2.31. The Hall–Kier alpha value is -2.14. The number of carboxylic acids is 1. The smallest absolute Gasteiger partial charge is 0.306 e. The Bertz CT molecular complexity index is 1050. The molecule has 1 aromatic carbocycles. The van der Waals surface area contributed by atoms with Crippen LogP contribution in [0.2, 0.25) is 0 Å². The van der Waals surface area contributed by atoms with Crippen molar-refractivity contribution >= 4 is 49.2 Å². The third-order valence-electron chi connectivity index (χ3n) is 5.68. The average Bonchev–Trinajstić information content (AvgIpc) is 3.02. The molecule has 0 spiro atoms. The lowest BCUT2D eigenvalue weighted by Crippen LogP contribution is -2.42. The number of hydrogen-bond acceptors (Lipinski definition) is 5. The van der Waals surface area contributed by atoms with Crippen LogP contribution in [0, 0.1) is 0 Å². The van der Waals surface area contributed by atoms with Crippen LogP contribution < -0.4 is 10.9 Å². The minimum Gasteiger partial charge on any atom is -0.481 e. The molecule has 2 aliphatic rings. The van der Waals surface area contributed by atoms with E-state index in [4.69, 9.17) is 5.11 Å². The van der Waals surface area contributed by atoms with Crippen molar-refractivity contribution in [3.63, 3.8) is 0 Å². The summed E-state index contributed by atoms with van der Waals surface area (Å²) in [4.78, 5) is 44.6. The summed E-state index contributed by atoms with van der Waals surface area (Å²) in [5.41, 5.74) is 1.29. The van der Waals surface area contributed by atoms with Crippen molar-refractivity contribution in [1.82, 2.24) is 14.9 Å². The first-order valence-corrected chi connectivity index (χ1v) is 10.8. The van der Waals surface area contributed by atoms with E-state index in [-0.39, 0.29) is 35.8 Å². The molecule has 2 fully saturated rings. The molecule has 0 aliphatic carbocycles. The van der Waals surface area contributed by atoms with Gasteiger partial charge in [-0.1, -0.05) is 12.1 Å². The molecule has 2 saturated heterocycles. The van der Waals surface area contributed by atoms with Gasteiger partial charge in [-0.2, -0.15) is 0 Å². The molecule has 2 aromatic rings. The third-order valence-corrected chi connectivity index (χ3v) is 5.92. The molecule has 2 unspecified atom stereocenters. The highest BCUT2D eigenvalue weighted by Gasteiger charge is 2.35. The Morgan fingerprint density at radius 3 is 2.55 bits per heavy atom. The minimum absolute atomic E-state index is 0.0257. The quantitative estimate of drug-likeness (QED) is 0.278. The van der Waals surface area contributed by atoms with Crippen molar-refractivity contribution in [2.75, 3.05) is 0 Å². The molecular weight excluding hydrogens is 487 g/mol. The molecule has 29 heavy (non-hydrogen) atoms. The highest BCUT2D eigenvalue weighted by atomic mass is 127. The van der Waals surface area contributed by atoms with Gasteiger partial charge >= 0.3 is 9.88 Å². The zero-order chi connectivity index (χ0) is 20.5. The molecule has 1 aromatic heterocycles. The first kappa shape index (κ1) is 20.1. The Kier molecular flexibility index (Phi) is 5.77. The number of para-hydroxylation sites is 2. The van der Waals surface area contributed by atoms with Crippen LogP contribution in [-0.2, 0) is 4.79 Å². The number of aromatic nitrogens is 2. The number of piperidine rings is 1. The summed E-state index contributed by atoms with van der Waals surface area (Å²) in [5.74, 6) is -1.02. The number of aliphatic imine (C=N–C) groups is 1. The van der Waals surface area contributed by atoms with E-state index in [0.29, 0.717) is 17.6 Å². The Labute approximate surface area is 180 Å². The van der Waals surface area contributed by atoms with Crippen LogP contribution in [-0.4, -0.2) is 42.3 Å². The number of benzene rings is 1. The number of halogens is 1. The number of nitrogens with one attached hydrogen (secondary N) is 1. The van der Waals surface area contributed by atoms with Crippen molar-refractivity contribution in [2.24, 2.45) is 4.99 Å². The van der Waals surface area contributed by atoms with Gasteiger partial charge in [-0.15, -0.1) is 0 Å². The second-order valence-electron chi connectivity index (χ2n) is 7.59. The van der Waals surface area contributed by atoms with Crippen molar-refractivity contribution in [3.8, 4) is 0 Å². The highest BCUT2D eigenvalue weighted by Crippen LogP contribution is 2.34. The highest BCUT2D eigenvalue weighted by molar-refractivity contribution is 14.1. The fourth-order valence-electron chi connectivity index (χ4n) is 4.50. The fraction of sp³-hybridized carbons (Fsp3) is 0.450. The van der Waals surface area contributed by atoms with Crippen LogP contribution in [0.25, 0.3) is 11.0 Å². The fourth-order valence-corrected chi connectivity index (χ4v) is 4.79. The van der Waals surface area contributed by atoms with Gasteiger partial charge in [-0.25, -0.2) is 9.98 Å². The number of fused-ring (bicyclic) bond motifs is 3. The second-order valence-corrected chi connectivity index (χ2v) is 8.52. The number of nitrogens with zero attached hydrogens (tertiary/aromatic N) is 3. The molecule has 4 rings (SSSR count). The Balaban J connectivity index is 1.87. The van der Waals surface area contributed by atoms with Crippen molar-refractivity contribution in [2.45, 2.75) is 56.7 Å². The summed E-state index contributed by atoms with van der Waals surface area (Å²) in [7, 11) is 0. The number of carboxylic acid groups (broad SMARTS) is 1. The SMILES string of the molecule is O=C(O)CC/C(=N\C(=O)I)c1nc2ccccc2n(C2CC3CCC(C2)N3)c1=O. The zero-order valence-electron chi connectivity index (χ0n) is 15.7. The maximum atomic E-state index is 13.5. The lowest BCUT2D eigenvalue weighted by molar-refractivity contribution is -0.136. The van der Waals surface area contributed by atoms with Gasteiger partial charge in [0.25, 0.3) is 5.56 Å². The molecule has 8 nitrogen and oxygen atoms in total. The standard InChI is InChI=1S/C20H21IN4O4/c21-20(29)24-15(7-8-17(26)27)18-19(28)25(16-4-2-1-3-14(16)23-18)13-9-11-5-6-12(10-13)22-11/h1-4,11-13,22H,5-10H2,(H,26,27)/b24-15+. The zero-order valence-corrected chi connectivity index (χ0v) is 17.8. The monoisotopic (exact) mass is 508 g/mol. The van der Waals surface area contributed by atoms with Crippen molar-refractivity contribution in [3.05, 3.63) is 40.3 Å². The van der Waals surface area contributed by atoms with E-state index in [0.717, 1.165) is 31.2 Å². The van der Waals surface area contributed by atoms with Crippen LogP contribution in [0.4, 0.5) is 4.79 Å². The van der Waals surface area contributed by atoms with E-state index < -0.39 is 9.88 Å². The van der Waals surface area contributed by atoms with E-state index in [2.05, 4.69) is 15.3 Å². The maximum absolute atomic E-state index is 13.5. The van der Waals surface area contributed by atoms with E-state index in [9.17, 15) is 14.4 Å². The van der Waals surface area contributed by atoms with Crippen LogP contribution in [0.15, 0.2) is 34.1 Å². The van der Waals surface area contributed by atoms with Gasteiger partial charge in [0.2, 0.25) is 0 Å². The molecule has 9 heteroatoms. The number of aliphatic carboxylic acids is 1. The number of amides is 1. The van der Waals surface area contributed by atoms with Gasteiger partial charge in [0.1, 0.15) is 0 Å². The van der Waals surface area contributed by atoms with Gasteiger partial charge < -0.3 is 15.0 Å². The summed E-state index contributed by atoms with van der Waals surface area (Å²) in [6.07, 6.45) is 3.69. The molecule has 0 saturated carbocycles. The topological polar surface area (TPSA) is 114 Å². The summed E-state index contributed by atoms with van der Waals surface area (Å²) in [6.45, 7) is 0. The van der Waals surface area contributed by atoms with Gasteiger partial charge in [-0.05, 0) is 37.8 Å². The van der Waals surface area contributed by atoms with Gasteiger partial charge in [-0.3, -0.25) is 14.4 Å². The van der Waals surface area contributed by atoms with E-state index in [1.165, 1.54) is 22.6 Å². The molecule has 1 amide bonds. The predicted octanol–water partition coefficient (Wildman–Crippen LogP) is 3.06. The summed E-state index contributed by atoms with van der Waals surface area (Å²) < 4.78 is 1.28. The van der Waals surface area contributed by atoms with Crippen LogP contribution in [0.3, 0.4) is 0 Å². The van der Waals surface area contributed by atoms with E-state index in [1.54, 1.807) is 4.57 Å². The average molecular weight is 508 g/mol. The van der Waals surface area contributed by atoms with Crippen molar-refractivity contribution < 1.29 is 14.7 Å². The summed E-state index contributed by atoms with van der Waals surface area (Å²) in [6, 6.07) is 8.26. The molecule has 2 N–H and O–H groups in total.